The second-order valence-corrected chi connectivity index (χ2v) is 7.66. The van der Waals surface area contributed by atoms with E-state index in [9.17, 15) is 18.0 Å². The van der Waals surface area contributed by atoms with Crippen molar-refractivity contribution in [3.8, 4) is 5.69 Å². The lowest BCUT2D eigenvalue weighted by Gasteiger charge is -2.34. The number of carbonyl (C=O) groups excluding carboxylic acids is 1. The van der Waals surface area contributed by atoms with Gasteiger partial charge < -0.3 is 5.32 Å². The number of halogens is 3. The molecule has 4 rings (SSSR count). The van der Waals surface area contributed by atoms with Crippen LogP contribution in [0.2, 0.25) is 0 Å². The number of anilines is 1. The SMILES string of the molecule is O=C(CN1CCN(Cc2ccccc2)CC1)Nc1cc(C(F)(F)F)ccc1-n1cncn1. The van der Waals surface area contributed by atoms with Crippen molar-refractivity contribution in [3.05, 3.63) is 72.3 Å². The molecular formula is C22H23F3N6O. The summed E-state index contributed by atoms with van der Waals surface area (Å²) in [6, 6.07) is 13.3. The first kappa shape index (κ1) is 22.0. The molecule has 2 heterocycles. The van der Waals surface area contributed by atoms with E-state index in [0.29, 0.717) is 18.8 Å². The van der Waals surface area contributed by atoms with Crippen molar-refractivity contribution in [2.45, 2.75) is 12.7 Å². The van der Waals surface area contributed by atoms with Crippen LogP contribution in [0.3, 0.4) is 0 Å². The predicted molar refractivity (Wildman–Crippen MR) is 113 cm³/mol. The Labute approximate surface area is 183 Å². The normalized spacial score (nSPS) is 15.6. The minimum atomic E-state index is -4.52. The number of alkyl halides is 3. The van der Waals surface area contributed by atoms with E-state index in [-0.39, 0.29) is 18.1 Å². The number of aromatic nitrogens is 3. The van der Waals surface area contributed by atoms with Gasteiger partial charge in [0.2, 0.25) is 5.91 Å². The van der Waals surface area contributed by atoms with Gasteiger partial charge in [-0.2, -0.15) is 18.3 Å². The lowest BCUT2D eigenvalue weighted by Crippen LogP contribution is -2.48. The molecule has 168 valence electrons. The molecule has 0 saturated carbocycles. The van der Waals surface area contributed by atoms with Gasteiger partial charge in [-0.05, 0) is 23.8 Å². The van der Waals surface area contributed by atoms with E-state index in [4.69, 9.17) is 0 Å². The predicted octanol–water partition coefficient (Wildman–Crippen LogP) is 3.04. The Morgan fingerprint density at radius 1 is 1.00 bits per heavy atom. The Morgan fingerprint density at radius 2 is 1.72 bits per heavy atom. The van der Waals surface area contributed by atoms with Crippen LogP contribution in [0.25, 0.3) is 5.69 Å². The summed E-state index contributed by atoms with van der Waals surface area (Å²) in [5.41, 5.74) is 0.754. The number of nitrogens with zero attached hydrogens (tertiary/aromatic N) is 5. The third kappa shape index (κ3) is 5.51. The number of nitrogens with one attached hydrogen (secondary N) is 1. The van der Waals surface area contributed by atoms with Crippen molar-refractivity contribution < 1.29 is 18.0 Å². The van der Waals surface area contributed by atoms with E-state index in [1.165, 1.54) is 29.0 Å². The summed E-state index contributed by atoms with van der Waals surface area (Å²) < 4.78 is 40.9. The van der Waals surface area contributed by atoms with Gasteiger partial charge in [0, 0.05) is 32.7 Å². The standard InChI is InChI=1S/C22H23F3N6O/c23-22(24,25)18-6-7-20(31-16-26-15-27-31)19(12-18)28-21(32)14-30-10-8-29(9-11-30)13-17-4-2-1-3-5-17/h1-7,12,15-16H,8-11,13-14H2,(H,28,32). The number of benzene rings is 2. The topological polar surface area (TPSA) is 66.3 Å². The molecule has 1 aliphatic heterocycles. The Hall–Kier alpha value is -3.24. The zero-order valence-corrected chi connectivity index (χ0v) is 17.3. The second-order valence-electron chi connectivity index (χ2n) is 7.66. The van der Waals surface area contributed by atoms with Crippen molar-refractivity contribution in [2.75, 3.05) is 38.0 Å². The highest BCUT2D eigenvalue weighted by Gasteiger charge is 2.31. The second kappa shape index (κ2) is 9.49. The molecule has 0 spiro atoms. The fourth-order valence-electron chi connectivity index (χ4n) is 3.68. The zero-order chi connectivity index (χ0) is 22.6. The van der Waals surface area contributed by atoms with Gasteiger partial charge in [-0.1, -0.05) is 30.3 Å². The molecule has 2 aromatic carbocycles. The summed E-state index contributed by atoms with van der Waals surface area (Å²) in [7, 11) is 0. The molecule has 0 atom stereocenters. The maximum Gasteiger partial charge on any atom is 0.416 e. The third-order valence-electron chi connectivity index (χ3n) is 5.34. The average molecular weight is 444 g/mol. The summed E-state index contributed by atoms with van der Waals surface area (Å²) in [4.78, 5) is 20.8. The van der Waals surface area contributed by atoms with Crippen LogP contribution in [0.5, 0.6) is 0 Å². The summed E-state index contributed by atoms with van der Waals surface area (Å²) >= 11 is 0. The average Bonchev–Trinajstić information content (AvgIpc) is 3.30. The quantitative estimate of drug-likeness (QED) is 0.633. The van der Waals surface area contributed by atoms with Gasteiger partial charge in [-0.25, -0.2) is 9.67 Å². The molecule has 1 N–H and O–H groups in total. The van der Waals surface area contributed by atoms with E-state index >= 15 is 0 Å². The number of piperazine rings is 1. The first-order chi connectivity index (χ1) is 15.4. The molecule has 1 aliphatic rings. The first-order valence-corrected chi connectivity index (χ1v) is 10.2. The fraction of sp³-hybridized carbons (Fsp3) is 0.318. The Bertz CT molecular complexity index is 1030. The maximum atomic E-state index is 13.2. The summed E-state index contributed by atoms with van der Waals surface area (Å²) in [6.45, 7) is 4.00. The van der Waals surface area contributed by atoms with E-state index in [0.717, 1.165) is 31.8 Å². The summed E-state index contributed by atoms with van der Waals surface area (Å²) in [5.74, 6) is -0.373. The molecule has 1 aromatic heterocycles. The zero-order valence-electron chi connectivity index (χ0n) is 17.3. The fourth-order valence-corrected chi connectivity index (χ4v) is 3.68. The van der Waals surface area contributed by atoms with Crippen LogP contribution >= 0.6 is 0 Å². The highest BCUT2D eigenvalue weighted by molar-refractivity contribution is 5.94. The molecule has 32 heavy (non-hydrogen) atoms. The number of hydrogen-bond acceptors (Lipinski definition) is 5. The molecule has 0 bridgehead atoms. The smallest absolute Gasteiger partial charge is 0.323 e. The molecule has 1 amide bonds. The van der Waals surface area contributed by atoms with Crippen molar-refractivity contribution in [1.82, 2.24) is 24.6 Å². The van der Waals surface area contributed by atoms with Crippen molar-refractivity contribution >= 4 is 11.6 Å². The maximum absolute atomic E-state index is 13.2. The highest BCUT2D eigenvalue weighted by atomic mass is 19.4. The number of carbonyl (C=O) groups is 1. The van der Waals surface area contributed by atoms with E-state index in [2.05, 4.69) is 32.4 Å². The van der Waals surface area contributed by atoms with Crippen LogP contribution in [-0.4, -0.2) is 63.2 Å². The largest absolute Gasteiger partial charge is 0.416 e. The third-order valence-corrected chi connectivity index (χ3v) is 5.34. The Kier molecular flexibility index (Phi) is 6.52. The molecule has 7 nitrogen and oxygen atoms in total. The van der Waals surface area contributed by atoms with Gasteiger partial charge in [-0.3, -0.25) is 14.6 Å². The number of hydrogen-bond donors (Lipinski definition) is 1. The Balaban J connectivity index is 1.38. The van der Waals surface area contributed by atoms with Crippen LogP contribution in [0.1, 0.15) is 11.1 Å². The van der Waals surface area contributed by atoms with Gasteiger partial charge in [0.25, 0.3) is 0 Å². The Morgan fingerprint density at radius 3 is 2.38 bits per heavy atom. The molecule has 0 radical (unpaired) electrons. The van der Waals surface area contributed by atoms with Crippen molar-refractivity contribution in [1.29, 1.82) is 0 Å². The molecule has 3 aromatic rings. The van der Waals surface area contributed by atoms with E-state index in [1.807, 2.05) is 23.1 Å². The number of rotatable bonds is 6. The highest BCUT2D eigenvalue weighted by Crippen LogP contribution is 2.33. The minimum Gasteiger partial charge on any atom is -0.323 e. The molecule has 1 saturated heterocycles. The molecule has 0 unspecified atom stereocenters. The molecular weight excluding hydrogens is 421 g/mol. The number of amides is 1. The van der Waals surface area contributed by atoms with Gasteiger partial charge in [0.1, 0.15) is 12.7 Å². The van der Waals surface area contributed by atoms with E-state index in [1.54, 1.807) is 0 Å². The molecule has 1 fully saturated rings. The summed E-state index contributed by atoms with van der Waals surface area (Å²) in [5, 5.41) is 6.59. The van der Waals surface area contributed by atoms with Gasteiger partial charge in [0.15, 0.2) is 0 Å². The van der Waals surface area contributed by atoms with Crippen LogP contribution in [0, 0.1) is 0 Å². The van der Waals surface area contributed by atoms with Gasteiger partial charge >= 0.3 is 6.18 Å². The van der Waals surface area contributed by atoms with Crippen LogP contribution in [-0.2, 0) is 17.5 Å². The lowest BCUT2D eigenvalue weighted by atomic mass is 10.1. The minimum absolute atomic E-state index is 0.0399. The molecule has 10 heteroatoms. The van der Waals surface area contributed by atoms with Crippen LogP contribution < -0.4 is 5.32 Å². The lowest BCUT2D eigenvalue weighted by molar-refractivity contribution is -0.137. The van der Waals surface area contributed by atoms with E-state index < -0.39 is 11.7 Å². The van der Waals surface area contributed by atoms with Gasteiger partial charge in [-0.15, -0.1) is 0 Å². The van der Waals surface area contributed by atoms with Gasteiger partial charge in [0.05, 0.1) is 23.5 Å². The monoisotopic (exact) mass is 444 g/mol. The summed E-state index contributed by atoms with van der Waals surface area (Å²) in [6.07, 6.45) is -1.88. The first-order valence-electron chi connectivity index (χ1n) is 10.2. The van der Waals surface area contributed by atoms with Crippen LogP contribution in [0.15, 0.2) is 61.2 Å². The van der Waals surface area contributed by atoms with Crippen molar-refractivity contribution in [3.63, 3.8) is 0 Å². The van der Waals surface area contributed by atoms with Crippen LogP contribution in [0.4, 0.5) is 18.9 Å². The van der Waals surface area contributed by atoms with Crippen molar-refractivity contribution in [2.24, 2.45) is 0 Å². The molecule has 0 aliphatic carbocycles.